The fourth-order valence-corrected chi connectivity index (χ4v) is 16.8. The third kappa shape index (κ3) is 5.43. The first-order valence-electron chi connectivity index (χ1n) is 25.0. The monoisotopic (exact) mass is 958 g/mol. The summed E-state index contributed by atoms with van der Waals surface area (Å²) in [4.78, 5) is 10.7. The predicted octanol–water partition coefficient (Wildman–Crippen LogP) is 17.1. The Morgan fingerprint density at radius 1 is 0.479 bits per heavy atom. The third-order valence-electron chi connectivity index (χ3n) is 16.1. The highest BCUT2D eigenvalue weighted by atomic mass is 32.2. The minimum absolute atomic E-state index is 0.128. The molecule has 71 heavy (non-hydrogen) atoms. The lowest BCUT2D eigenvalue weighted by Gasteiger charge is -2.52. The molecule has 11 aromatic rings. The zero-order valence-electron chi connectivity index (χ0n) is 38.9. The molecule has 10 aromatic carbocycles. The Balaban J connectivity index is 1.07. The van der Waals surface area contributed by atoms with Gasteiger partial charge in [-0.25, -0.2) is 0 Å². The van der Waals surface area contributed by atoms with Crippen LogP contribution in [-0.2, 0) is 11.8 Å². The molecule has 0 radical (unpaired) electrons. The van der Waals surface area contributed by atoms with E-state index in [0.717, 1.165) is 19.3 Å². The Bertz CT molecular complexity index is 4050. The first-order chi connectivity index (χ1) is 35.2. The van der Waals surface area contributed by atoms with Crippen LogP contribution in [0.15, 0.2) is 226 Å². The molecule has 334 valence electrons. The second-order valence-electron chi connectivity index (χ2n) is 19.7. The van der Waals surface area contributed by atoms with Crippen LogP contribution < -0.4 is 20.6 Å². The van der Waals surface area contributed by atoms with Crippen LogP contribution in [0.4, 0.5) is 28.4 Å². The zero-order valence-corrected chi connectivity index (χ0v) is 41.4. The van der Waals surface area contributed by atoms with Gasteiger partial charge in [-0.2, -0.15) is 0 Å². The zero-order chi connectivity index (χ0) is 46.5. The second-order valence-corrected chi connectivity index (χ2v) is 22.9. The fraction of sp³-hybridized carbons (Fsp3) is 0.0769. The number of fused-ring (bicyclic) bond motifs is 19. The van der Waals surface area contributed by atoms with E-state index in [-0.39, 0.29) is 6.85 Å². The maximum Gasteiger partial charge on any atom is 0.333 e. The lowest BCUT2D eigenvalue weighted by Crippen LogP contribution is -2.63. The van der Waals surface area contributed by atoms with Gasteiger partial charge >= 0.3 is 6.85 Å². The van der Waals surface area contributed by atoms with E-state index in [2.05, 4.69) is 223 Å². The molecule has 5 aliphatic rings. The normalized spacial score (nSPS) is 14.6. The van der Waals surface area contributed by atoms with Crippen molar-refractivity contribution in [2.75, 3.05) is 9.71 Å². The fourth-order valence-electron chi connectivity index (χ4n) is 13.2. The van der Waals surface area contributed by atoms with Crippen LogP contribution in [0.25, 0.3) is 53.6 Å². The third-order valence-corrected chi connectivity index (χ3v) is 19.8. The van der Waals surface area contributed by atoms with E-state index >= 15 is 0 Å². The summed E-state index contributed by atoms with van der Waals surface area (Å²) in [7, 11) is 0. The van der Waals surface area contributed by atoms with E-state index in [1.165, 1.54) is 140 Å². The highest BCUT2D eigenvalue weighted by molar-refractivity contribution is 8.05. The molecule has 0 unspecified atom stereocenters. The molecule has 0 saturated carbocycles. The first-order valence-corrected chi connectivity index (χ1v) is 27.5. The molecule has 4 aliphatic heterocycles. The lowest BCUT2D eigenvalue weighted by atomic mass is 9.42. The first kappa shape index (κ1) is 40.5. The van der Waals surface area contributed by atoms with Crippen molar-refractivity contribution in [3.8, 4) is 33.4 Å². The number of para-hydroxylation sites is 2. The summed E-state index contributed by atoms with van der Waals surface area (Å²) in [6.45, 7) is 2.17. The summed E-state index contributed by atoms with van der Waals surface area (Å²) in [5, 5.41) is 2.63. The van der Waals surface area contributed by atoms with Crippen LogP contribution in [0.1, 0.15) is 47.6 Å². The van der Waals surface area contributed by atoms with Crippen LogP contribution in [0.3, 0.4) is 0 Å². The molecule has 2 nitrogen and oxygen atoms in total. The van der Waals surface area contributed by atoms with Gasteiger partial charge < -0.3 is 9.71 Å². The van der Waals surface area contributed by atoms with Crippen molar-refractivity contribution in [2.24, 2.45) is 0 Å². The van der Waals surface area contributed by atoms with Crippen molar-refractivity contribution >= 4 is 101 Å². The van der Waals surface area contributed by atoms with E-state index < -0.39 is 5.41 Å². The van der Waals surface area contributed by atoms with Gasteiger partial charge in [0, 0.05) is 79.2 Å². The van der Waals surface area contributed by atoms with E-state index in [1.54, 1.807) is 0 Å². The largest absolute Gasteiger partial charge is 0.376 e. The number of benzene rings is 10. The molecular formula is C65H43BN2S3. The predicted molar refractivity (Wildman–Crippen MR) is 303 cm³/mol. The van der Waals surface area contributed by atoms with Crippen molar-refractivity contribution in [1.82, 2.24) is 0 Å². The molecule has 0 N–H and O–H groups in total. The van der Waals surface area contributed by atoms with Gasteiger partial charge in [0.25, 0.3) is 0 Å². The Kier molecular flexibility index (Phi) is 8.64. The second kappa shape index (κ2) is 15.1. The van der Waals surface area contributed by atoms with Gasteiger partial charge in [0.2, 0.25) is 0 Å². The summed E-state index contributed by atoms with van der Waals surface area (Å²) >= 11 is 5.80. The molecule has 1 aromatic heterocycles. The summed E-state index contributed by atoms with van der Waals surface area (Å²) in [5.41, 5.74) is 23.1. The van der Waals surface area contributed by atoms with Crippen LogP contribution >= 0.6 is 34.9 Å². The van der Waals surface area contributed by atoms with Crippen molar-refractivity contribution in [3.05, 3.63) is 234 Å². The molecule has 0 bridgehead atoms. The smallest absolute Gasteiger partial charge is 0.333 e. The van der Waals surface area contributed by atoms with Gasteiger partial charge in [-0.1, -0.05) is 189 Å². The van der Waals surface area contributed by atoms with Crippen LogP contribution in [0.2, 0.25) is 0 Å². The topological polar surface area (TPSA) is 6.48 Å². The average molecular weight is 959 g/mol. The van der Waals surface area contributed by atoms with Crippen molar-refractivity contribution < 1.29 is 0 Å². The minimum atomic E-state index is -0.514. The number of thiophene rings is 1. The summed E-state index contributed by atoms with van der Waals surface area (Å²) < 4.78 is 2.68. The van der Waals surface area contributed by atoms with Crippen molar-refractivity contribution in [2.45, 2.75) is 51.2 Å². The number of hydrogen-bond donors (Lipinski definition) is 0. The van der Waals surface area contributed by atoms with E-state index in [4.69, 9.17) is 0 Å². The van der Waals surface area contributed by atoms with Crippen LogP contribution in [0, 0.1) is 0 Å². The highest BCUT2D eigenvalue weighted by Gasteiger charge is 2.56. The number of aryl methyl sites for hydroxylation is 1. The van der Waals surface area contributed by atoms with Crippen molar-refractivity contribution in [1.29, 1.82) is 0 Å². The number of anilines is 5. The van der Waals surface area contributed by atoms with Gasteiger partial charge in [0.05, 0.1) is 11.1 Å². The van der Waals surface area contributed by atoms with Crippen molar-refractivity contribution in [3.63, 3.8) is 0 Å². The maximum absolute atomic E-state index is 2.79. The summed E-state index contributed by atoms with van der Waals surface area (Å²) in [5.74, 6) is 0. The molecule has 0 amide bonds. The van der Waals surface area contributed by atoms with Gasteiger partial charge in [-0.3, -0.25) is 0 Å². The number of nitrogens with zero attached hydrogens (tertiary/aromatic N) is 2. The minimum Gasteiger partial charge on any atom is -0.376 e. The van der Waals surface area contributed by atoms with Gasteiger partial charge in [-0.05, 0) is 123 Å². The maximum atomic E-state index is 2.79. The number of unbranched alkanes of at least 4 members (excludes halogenated alkanes) is 1. The Morgan fingerprint density at radius 2 is 1.14 bits per heavy atom. The van der Waals surface area contributed by atoms with E-state index in [9.17, 15) is 0 Å². The highest BCUT2D eigenvalue weighted by Crippen LogP contribution is 2.66. The lowest BCUT2D eigenvalue weighted by molar-refractivity contribution is 0.756. The van der Waals surface area contributed by atoms with E-state index in [1.807, 2.05) is 34.9 Å². The molecule has 1 aliphatic carbocycles. The number of hydrogen-bond acceptors (Lipinski definition) is 5. The molecule has 5 heterocycles. The molecule has 0 atom stereocenters. The molecule has 0 fully saturated rings. The standard InChI is InChI=1S/C65H43BN2S3/c1-2-3-18-39-33-34-52(45(35-39)40-19-5-4-6-20-40)67-54-38-60-59(69-57-31-15-16-32-58(57)70-60)37-51(54)66-62-55(67)36-46-43-23-9-14-30-56(43)71-64(46)61(62)44-24-17-28-50-63(44)68(66)53-29-13-12-27-49(53)65(50)47-25-10-7-21-41(47)42-22-8-11-26-48(42)65/h4-17,19-38H,2-3,18H2,1H3. The average Bonchev–Trinajstić information content (AvgIpc) is 3.96. The summed E-state index contributed by atoms with van der Waals surface area (Å²) in [6, 6.07) is 79.4. The van der Waals surface area contributed by atoms with Gasteiger partial charge in [-0.15, -0.1) is 11.3 Å². The quantitative estimate of drug-likeness (QED) is 0.159. The van der Waals surface area contributed by atoms with Gasteiger partial charge in [0.1, 0.15) is 0 Å². The van der Waals surface area contributed by atoms with Crippen LogP contribution in [0.5, 0.6) is 0 Å². The molecular weight excluding hydrogens is 916 g/mol. The Hall–Kier alpha value is -7.22. The molecule has 1 spiro atoms. The van der Waals surface area contributed by atoms with Crippen LogP contribution in [-0.4, -0.2) is 6.85 Å². The molecule has 6 heteroatoms. The Labute approximate surface area is 426 Å². The summed E-state index contributed by atoms with van der Waals surface area (Å²) in [6.07, 6.45) is 3.38. The van der Waals surface area contributed by atoms with Gasteiger partial charge in [0.15, 0.2) is 0 Å². The molecule has 16 rings (SSSR count). The number of rotatable bonds is 5. The van der Waals surface area contributed by atoms with E-state index in [0.29, 0.717) is 0 Å². The Morgan fingerprint density at radius 3 is 1.93 bits per heavy atom. The SMILES string of the molecule is CCCCc1ccc(N2c3cc4c(cc3B3c5c2cc2c(sc6ccccc62)c5-c2cccc5c2N3c2ccccc2C52c3ccccc3-c3ccccc32)Sc2ccccc2S4)c(-c2ccccc2)c1. The molecule has 0 saturated heterocycles.